The van der Waals surface area contributed by atoms with Crippen LogP contribution in [0.4, 0.5) is 14.5 Å². The van der Waals surface area contributed by atoms with Gasteiger partial charge in [-0.2, -0.15) is 5.26 Å². The van der Waals surface area contributed by atoms with Crippen LogP contribution >= 0.6 is 23.2 Å². The molecule has 1 heterocycles. The topological polar surface area (TPSA) is 64.3 Å². The van der Waals surface area contributed by atoms with Gasteiger partial charge in [0, 0.05) is 17.0 Å². The molecular formula is C23H22Cl2F2N2O2. The molecule has 0 saturated carbocycles. The van der Waals surface area contributed by atoms with Crippen LogP contribution in [0.5, 0.6) is 0 Å². The van der Waals surface area contributed by atoms with Gasteiger partial charge in [-0.15, -0.1) is 0 Å². The fraction of sp³-hybridized carbons (Fsp3) is 0.391. The monoisotopic (exact) mass is 466 g/mol. The first-order valence-corrected chi connectivity index (χ1v) is 10.5. The number of carboxylic acid groups (broad SMARTS) is 1. The second-order valence-corrected chi connectivity index (χ2v) is 9.87. The summed E-state index contributed by atoms with van der Waals surface area (Å²) in [6.45, 7) is 5.77. The Bertz CT molecular complexity index is 1060. The van der Waals surface area contributed by atoms with Crippen LogP contribution in [0.2, 0.25) is 10.0 Å². The van der Waals surface area contributed by atoms with Gasteiger partial charge in [-0.3, -0.25) is 0 Å². The summed E-state index contributed by atoms with van der Waals surface area (Å²) in [7, 11) is 0. The Kier molecular flexibility index (Phi) is 6.23. The summed E-state index contributed by atoms with van der Waals surface area (Å²) in [6.07, 6.45) is 0.0858. The first-order chi connectivity index (χ1) is 14.4. The zero-order valence-corrected chi connectivity index (χ0v) is 18.8. The van der Waals surface area contributed by atoms with E-state index >= 15 is 8.78 Å². The minimum atomic E-state index is -1.54. The number of benzene rings is 2. The molecule has 164 valence electrons. The van der Waals surface area contributed by atoms with Crippen molar-refractivity contribution in [1.29, 1.82) is 5.26 Å². The van der Waals surface area contributed by atoms with Crippen LogP contribution in [0.1, 0.15) is 39.2 Å². The van der Waals surface area contributed by atoms with Gasteiger partial charge in [0.2, 0.25) is 0 Å². The summed E-state index contributed by atoms with van der Waals surface area (Å²) >= 11 is 11.9. The van der Waals surface area contributed by atoms with Gasteiger partial charge in [-0.25, -0.2) is 13.6 Å². The number of hydrogen-bond donors (Lipinski definition) is 1. The molecule has 1 fully saturated rings. The largest absolute Gasteiger partial charge is 0.480 e. The maximum absolute atomic E-state index is 15.0. The van der Waals surface area contributed by atoms with E-state index in [9.17, 15) is 15.2 Å². The van der Waals surface area contributed by atoms with Gasteiger partial charge in [-0.1, -0.05) is 56.1 Å². The van der Waals surface area contributed by atoms with Crippen LogP contribution in [0.3, 0.4) is 0 Å². The normalized spacial score (nSPS) is 23.6. The molecule has 3 atom stereocenters. The molecular weight excluding hydrogens is 445 g/mol. The van der Waals surface area contributed by atoms with Crippen molar-refractivity contribution in [1.82, 2.24) is 0 Å². The molecule has 1 aliphatic rings. The van der Waals surface area contributed by atoms with Gasteiger partial charge in [0.15, 0.2) is 5.82 Å². The zero-order chi connectivity index (χ0) is 23.1. The summed E-state index contributed by atoms with van der Waals surface area (Å²) in [6, 6.07) is 8.40. The summed E-state index contributed by atoms with van der Waals surface area (Å²) < 4.78 is 30.1. The van der Waals surface area contributed by atoms with Crippen LogP contribution in [0, 0.1) is 28.4 Å². The molecule has 3 rings (SSSR count). The SMILES string of the molecule is CC(C)(C)CC1N(c2cccc(Cl)c2F)C(C(=O)O)CC1(C#N)c1ccc(Cl)cc1F. The molecule has 2 aromatic rings. The van der Waals surface area contributed by atoms with E-state index in [4.69, 9.17) is 23.2 Å². The highest BCUT2D eigenvalue weighted by atomic mass is 35.5. The van der Waals surface area contributed by atoms with Crippen molar-refractivity contribution >= 4 is 34.9 Å². The van der Waals surface area contributed by atoms with Gasteiger partial charge in [0.05, 0.1) is 22.8 Å². The fourth-order valence-electron chi connectivity index (χ4n) is 4.40. The Balaban J connectivity index is 2.32. The van der Waals surface area contributed by atoms with E-state index in [2.05, 4.69) is 6.07 Å². The number of carboxylic acids is 1. The fourth-order valence-corrected chi connectivity index (χ4v) is 4.73. The Labute approximate surface area is 190 Å². The second-order valence-electron chi connectivity index (χ2n) is 9.03. The lowest BCUT2D eigenvalue weighted by molar-refractivity contribution is -0.138. The van der Waals surface area contributed by atoms with Crippen molar-refractivity contribution in [3.05, 3.63) is 63.6 Å². The molecule has 1 saturated heterocycles. The van der Waals surface area contributed by atoms with Crippen LogP contribution in [0.25, 0.3) is 0 Å². The summed E-state index contributed by atoms with van der Waals surface area (Å²) in [5.41, 5.74) is -1.90. The van der Waals surface area contributed by atoms with Gasteiger partial charge >= 0.3 is 5.97 Å². The molecule has 0 spiro atoms. The highest BCUT2D eigenvalue weighted by Gasteiger charge is 2.58. The second kappa shape index (κ2) is 8.29. The average molecular weight is 467 g/mol. The third-order valence-electron chi connectivity index (χ3n) is 5.67. The predicted octanol–water partition coefficient (Wildman–Crippen LogP) is 6.20. The smallest absolute Gasteiger partial charge is 0.326 e. The molecule has 1 N–H and O–H groups in total. The molecule has 0 aliphatic carbocycles. The minimum absolute atomic E-state index is 0.0272. The molecule has 4 nitrogen and oxygen atoms in total. The van der Waals surface area contributed by atoms with Gasteiger partial charge in [0.25, 0.3) is 0 Å². The van der Waals surface area contributed by atoms with E-state index in [1.165, 1.54) is 35.2 Å². The number of hydrogen-bond acceptors (Lipinski definition) is 3. The van der Waals surface area contributed by atoms with Gasteiger partial charge in [-0.05, 0) is 36.1 Å². The third-order valence-corrected chi connectivity index (χ3v) is 6.19. The van der Waals surface area contributed by atoms with Crippen LogP contribution in [-0.2, 0) is 10.2 Å². The maximum atomic E-state index is 15.0. The molecule has 31 heavy (non-hydrogen) atoms. The average Bonchev–Trinajstić information content (AvgIpc) is 2.97. The number of nitrogens with zero attached hydrogens (tertiary/aromatic N) is 2. The Morgan fingerprint density at radius 3 is 2.52 bits per heavy atom. The molecule has 3 unspecified atom stereocenters. The van der Waals surface area contributed by atoms with Gasteiger partial charge < -0.3 is 10.0 Å². The summed E-state index contributed by atoms with van der Waals surface area (Å²) in [5, 5.41) is 20.3. The van der Waals surface area contributed by atoms with Crippen molar-refractivity contribution in [3.63, 3.8) is 0 Å². The van der Waals surface area contributed by atoms with E-state index in [0.717, 1.165) is 6.07 Å². The van der Waals surface area contributed by atoms with Crippen molar-refractivity contribution < 1.29 is 18.7 Å². The number of nitriles is 1. The molecule has 0 aromatic heterocycles. The molecule has 0 bridgehead atoms. The Morgan fingerprint density at radius 2 is 1.97 bits per heavy atom. The highest BCUT2D eigenvalue weighted by Crippen LogP contribution is 2.50. The van der Waals surface area contributed by atoms with Crippen molar-refractivity contribution in [2.24, 2.45) is 5.41 Å². The number of aliphatic carboxylic acids is 1. The van der Waals surface area contributed by atoms with Crippen LogP contribution in [-0.4, -0.2) is 23.2 Å². The van der Waals surface area contributed by atoms with E-state index in [1.807, 2.05) is 20.8 Å². The standard InChI is InChI=1S/C23H22Cl2F2N2O2/c1-22(2,3)11-19-23(12-28,14-8-7-13(24)9-16(14)26)10-18(21(30)31)29(19)17-6-4-5-15(25)20(17)27/h4-9,18-19H,10-11H2,1-3H3,(H,30,31). The lowest BCUT2D eigenvalue weighted by Gasteiger charge is -2.39. The van der Waals surface area contributed by atoms with Gasteiger partial charge in [0.1, 0.15) is 17.3 Å². The lowest BCUT2D eigenvalue weighted by Crippen LogP contribution is -2.47. The maximum Gasteiger partial charge on any atom is 0.326 e. The van der Waals surface area contributed by atoms with Crippen molar-refractivity contribution in [2.75, 3.05) is 4.90 Å². The third kappa shape index (κ3) is 4.22. The Hall–Kier alpha value is -2.36. The predicted molar refractivity (Wildman–Crippen MR) is 116 cm³/mol. The van der Waals surface area contributed by atoms with Crippen LogP contribution in [0.15, 0.2) is 36.4 Å². The number of rotatable bonds is 4. The van der Waals surface area contributed by atoms with E-state index in [1.54, 1.807) is 0 Å². The number of halogens is 4. The summed E-state index contributed by atoms with van der Waals surface area (Å²) in [5.74, 6) is -2.71. The van der Waals surface area contributed by atoms with Crippen molar-refractivity contribution in [2.45, 2.75) is 51.1 Å². The Morgan fingerprint density at radius 1 is 1.29 bits per heavy atom. The van der Waals surface area contributed by atoms with E-state index in [0.29, 0.717) is 6.42 Å². The first kappa shape index (κ1) is 23.3. The minimum Gasteiger partial charge on any atom is -0.480 e. The number of anilines is 1. The quantitative estimate of drug-likeness (QED) is 0.582. The molecule has 8 heteroatoms. The molecule has 0 radical (unpaired) electrons. The van der Waals surface area contributed by atoms with Crippen LogP contribution < -0.4 is 4.90 Å². The lowest BCUT2D eigenvalue weighted by atomic mass is 9.70. The van der Waals surface area contributed by atoms with E-state index < -0.39 is 35.1 Å². The number of carbonyl (C=O) groups is 1. The summed E-state index contributed by atoms with van der Waals surface area (Å²) in [4.78, 5) is 13.6. The zero-order valence-electron chi connectivity index (χ0n) is 17.3. The molecule has 1 aliphatic heterocycles. The van der Waals surface area contributed by atoms with E-state index in [-0.39, 0.29) is 33.1 Å². The molecule has 0 amide bonds. The first-order valence-electron chi connectivity index (χ1n) is 9.73. The van der Waals surface area contributed by atoms with Crippen molar-refractivity contribution in [3.8, 4) is 6.07 Å². The highest BCUT2D eigenvalue weighted by molar-refractivity contribution is 6.31. The molecule has 2 aromatic carbocycles.